The SMILES string of the molecule is Cc1c(CC(C)(C)NC(=O)OC(C)(C)C)sc2c(N(Cc3ccco3)C(=O)OC(C)(C)C)cnnc12. The summed E-state index contributed by atoms with van der Waals surface area (Å²) in [7, 11) is 0. The molecule has 1 N–H and O–H groups in total. The van der Waals surface area contributed by atoms with Gasteiger partial charge in [-0.2, -0.15) is 5.10 Å². The first-order valence-corrected chi connectivity index (χ1v) is 12.6. The molecule has 0 fully saturated rings. The average Bonchev–Trinajstić information content (AvgIpc) is 3.31. The Morgan fingerprint density at radius 1 is 1.08 bits per heavy atom. The van der Waals surface area contributed by atoms with Gasteiger partial charge in [-0.05, 0) is 80.0 Å². The van der Waals surface area contributed by atoms with E-state index in [0.29, 0.717) is 23.4 Å². The second-order valence-electron chi connectivity index (χ2n) is 11.4. The number of amides is 2. The molecule has 0 bridgehead atoms. The first-order valence-electron chi connectivity index (χ1n) is 11.8. The first-order chi connectivity index (χ1) is 16.5. The molecule has 0 aliphatic rings. The van der Waals surface area contributed by atoms with Crippen LogP contribution >= 0.6 is 11.3 Å². The number of furan rings is 1. The number of nitrogens with zero attached hydrogens (tertiary/aromatic N) is 3. The highest BCUT2D eigenvalue weighted by molar-refractivity contribution is 7.19. The Morgan fingerprint density at radius 3 is 2.33 bits per heavy atom. The monoisotopic (exact) mass is 516 g/mol. The Hall–Kier alpha value is -3.14. The topological polar surface area (TPSA) is 107 Å². The number of carbonyl (C=O) groups excluding carboxylic acids is 2. The fourth-order valence-corrected chi connectivity index (χ4v) is 5.04. The predicted molar refractivity (Wildman–Crippen MR) is 140 cm³/mol. The maximum atomic E-state index is 13.2. The van der Waals surface area contributed by atoms with Gasteiger partial charge < -0.3 is 19.2 Å². The Morgan fingerprint density at radius 2 is 1.75 bits per heavy atom. The predicted octanol–water partition coefficient (Wildman–Crippen LogP) is 6.38. The molecule has 3 rings (SSSR count). The summed E-state index contributed by atoms with van der Waals surface area (Å²) >= 11 is 1.52. The van der Waals surface area contributed by atoms with Crippen LogP contribution in [0.1, 0.15) is 71.6 Å². The molecule has 2 amide bonds. The van der Waals surface area contributed by atoms with Gasteiger partial charge in [0.2, 0.25) is 0 Å². The summed E-state index contributed by atoms with van der Waals surface area (Å²) in [4.78, 5) is 28.2. The standard InChI is InChI=1S/C26H36N4O5S/c1-16-19(13-26(8,9)28-22(31)34-24(2,3)4)36-21-18(14-27-29-20(16)21)30(15-17-11-10-12-33-17)23(32)35-25(5,6)7/h10-12,14H,13,15H2,1-9H3,(H,28,31). The Bertz CT molecular complexity index is 1220. The zero-order chi connectivity index (χ0) is 26.9. The van der Waals surface area contributed by atoms with Crippen LogP contribution in [0.4, 0.5) is 15.3 Å². The molecule has 3 aromatic heterocycles. The van der Waals surface area contributed by atoms with E-state index in [1.165, 1.54) is 16.2 Å². The maximum Gasteiger partial charge on any atom is 0.415 e. The molecule has 0 spiro atoms. The van der Waals surface area contributed by atoms with Gasteiger partial charge in [0, 0.05) is 16.8 Å². The smallest absolute Gasteiger partial charge is 0.415 e. The Balaban J connectivity index is 1.97. The van der Waals surface area contributed by atoms with Crippen molar-refractivity contribution >= 4 is 39.4 Å². The number of fused-ring (bicyclic) bond motifs is 1. The van der Waals surface area contributed by atoms with E-state index in [9.17, 15) is 9.59 Å². The third-order valence-corrected chi connectivity index (χ3v) is 6.33. The highest BCUT2D eigenvalue weighted by atomic mass is 32.1. The van der Waals surface area contributed by atoms with Crippen LogP contribution < -0.4 is 10.2 Å². The number of aromatic nitrogens is 2. The quantitative estimate of drug-likeness (QED) is 0.405. The number of nitrogens with one attached hydrogen (secondary N) is 1. The zero-order valence-electron chi connectivity index (χ0n) is 22.5. The summed E-state index contributed by atoms with van der Waals surface area (Å²) in [6, 6.07) is 3.58. The molecule has 0 atom stereocenters. The van der Waals surface area contributed by atoms with Crippen LogP contribution in [-0.2, 0) is 22.4 Å². The molecule has 0 aliphatic heterocycles. The lowest BCUT2D eigenvalue weighted by Gasteiger charge is -2.28. The number of hydrogen-bond donors (Lipinski definition) is 1. The minimum atomic E-state index is -0.675. The van der Waals surface area contributed by atoms with Gasteiger partial charge in [-0.1, -0.05) is 0 Å². The van der Waals surface area contributed by atoms with E-state index in [-0.39, 0.29) is 6.54 Å². The molecule has 36 heavy (non-hydrogen) atoms. The van der Waals surface area contributed by atoms with Crippen LogP contribution in [0.2, 0.25) is 0 Å². The van der Waals surface area contributed by atoms with Gasteiger partial charge >= 0.3 is 12.2 Å². The van der Waals surface area contributed by atoms with Crippen LogP contribution in [0.5, 0.6) is 0 Å². The van der Waals surface area contributed by atoms with E-state index < -0.39 is 28.9 Å². The van der Waals surface area contributed by atoms with Crippen molar-refractivity contribution in [3.63, 3.8) is 0 Å². The number of ether oxygens (including phenoxy) is 2. The van der Waals surface area contributed by atoms with Crippen molar-refractivity contribution in [1.29, 1.82) is 0 Å². The summed E-state index contributed by atoms with van der Waals surface area (Å²) in [5.74, 6) is 0.613. The lowest BCUT2D eigenvalue weighted by Crippen LogP contribution is -2.47. The summed E-state index contributed by atoms with van der Waals surface area (Å²) < 4.78 is 17.4. The number of alkyl carbamates (subject to hydrolysis) is 1. The van der Waals surface area contributed by atoms with E-state index in [2.05, 4.69) is 15.5 Å². The van der Waals surface area contributed by atoms with Crippen molar-refractivity contribution < 1.29 is 23.5 Å². The molecule has 3 aromatic rings. The minimum Gasteiger partial charge on any atom is -0.467 e. The average molecular weight is 517 g/mol. The summed E-state index contributed by atoms with van der Waals surface area (Å²) in [5, 5.41) is 11.5. The van der Waals surface area contributed by atoms with Crippen LogP contribution in [0.25, 0.3) is 10.2 Å². The third kappa shape index (κ3) is 7.19. The third-order valence-electron chi connectivity index (χ3n) is 5.02. The van der Waals surface area contributed by atoms with Crippen LogP contribution in [0.15, 0.2) is 29.0 Å². The molecule has 0 unspecified atom stereocenters. The number of hydrogen-bond acceptors (Lipinski definition) is 8. The number of rotatable bonds is 6. The molecule has 0 saturated carbocycles. The lowest BCUT2D eigenvalue weighted by molar-refractivity contribution is 0.0471. The molecule has 0 aromatic carbocycles. The largest absolute Gasteiger partial charge is 0.467 e. The normalized spacial score (nSPS) is 12.5. The summed E-state index contributed by atoms with van der Waals surface area (Å²) in [5.41, 5.74) is 0.395. The maximum absolute atomic E-state index is 13.2. The number of carbonyl (C=O) groups is 2. The van der Waals surface area contributed by atoms with E-state index in [0.717, 1.165) is 15.1 Å². The minimum absolute atomic E-state index is 0.181. The highest BCUT2D eigenvalue weighted by Gasteiger charge is 2.30. The lowest BCUT2D eigenvalue weighted by atomic mass is 9.98. The molecule has 10 heteroatoms. The van der Waals surface area contributed by atoms with Gasteiger partial charge in [-0.25, -0.2) is 9.59 Å². The fourth-order valence-electron chi connectivity index (χ4n) is 3.55. The van der Waals surface area contributed by atoms with Crippen molar-refractivity contribution in [3.05, 3.63) is 40.8 Å². The first kappa shape index (κ1) is 27.4. The molecule has 9 nitrogen and oxygen atoms in total. The van der Waals surface area contributed by atoms with Gasteiger partial charge in [-0.3, -0.25) is 4.90 Å². The van der Waals surface area contributed by atoms with Crippen LogP contribution in [0, 0.1) is 6.92 Å². The highest BCUT2D eigenvalue weighted by Crippen LogP contribution is 2.38. The van der Waals surface area contributed by atoms with E-state index in [1.54, 1.807) is 24.6 Å². The van der Waals surface area contributed by atoms with Gasteiger partial charge in [-0.15, -0.1) is 16.4 Å². The fraction of sp³-hybridized carbons (Fsp3) is 0.538. The molecule has 0 aliphatic carbocycles. The van der Waals surface area contributed by atoms with Crippen LogP contribution in [-0.4, -0.2) is 39.1 Å². The van der Waals surface area contributed by atoms with Crippen molar-refractivity contribution in [2.24, 2.45) is 0 Å². The van der Waals surface area contributed by atoms with Crippen molar-refractivity contribution in [2.75, 3.05) is 4.90 Å². The second-order valence-corrected chi connectivity index (χ2v) is 12.5. The molecule has 0 radical (unpaired) electrons. The van der Waals surface area contributed by atoms with Crippen molar-refractivity contribution in [1.82, 2.24) is 15.5 Å². The number of aryl methyl sites for hydroxylation is 1. The number of anilines is 1. The Kier molecular flexibility index (Phi) is 7.69. The molecular weight excluding hydrogens is 480 g/mol. The summed E-state index contributed by atoms with van der Waals surface area (Å²) in [6.45, 7) is 17.0. The molecule has 0 saturated heterocycles. The Labute approximate surface area is 216 Å². The van der Waals surface area contributed by atoms with E-state index >= 15 is 0 Å². The second kappa shape index (κ2) is 10.1. The van der Waals surface area contributed by atoms with Crippen LogP contribution in [0.3, 0.4) is 0 Å². The van der Waals surface area contributed by atoms with Gasteiger partial charge in [0.05, 0.1) is 29.4 Å². The zero-order valence-corrected chi connectivity index (χ0v) is 23.3. The summed E-state index contributed by atoms with van der Waals surface area (Å²) in [6.07, 6.45) is 2.70. The van der Waals surface area contributed by atoms with Crippen molar-refractivity contribution in [2.45, 2.75) is 92.0 Å². The molecule has 196 valence electrons. The van der Waals surface area contributed by atoms with E-state index in [4.69, 9.17) is 13.9 Å². The van der Waals surface area contributed by atoms with Gasteiger partial charge in [0.15, 0.2) is 0 Å². The van der Waals surface area contributed by atoms with Crippen molar-refractivity contribution in [3.8, 4) is 0 Å². The van der Waals surface area contributed by atoms with Gasteiger partial charge in [0.1, 0.15) is 22.5 Å². The molecule has 3 heterocycles. The molecular formula is C26H36N4O5S. The van der Waals surface area contributed by atoms with Gasteiger partial charge in [0.25, 0.3) is 0 Å². The van der Waals surface area contributed by atoms with E-state index in [1.807, 2.05) is 62.3 Å². The number of thiophene rings is 1.